The van der Waals surface area contributed by atoms with Crippen molar-refractivity contribution in [2.24, 2.45) is 0 Å². The molecule has 0 saturated carbocycles. The third kappa shape index (κ3) is 3.88. The number of rotatable bonds is 5. The first-order valence-electron chi connectivity index (χ1n) is 8.22. The zero-order valence-corrected chi connectivity index (χ0v) is 15.8. The lowest BCUT2D eigenvalue weighted by molar-refractivity contribution is -0.113. The van der Waals surface area contributed by atoms with Crippen LogP contribution >= 0.6 is 11.8 Å². The standard InChI is InChI=1S/C19H21N5OS/c1-12-7-9-15(10-8-12)18-22-23-19(24(18)20)26-11-17(25)21-16-6-4-5-13(2)14(16)3/h4-10H,11,20H2,1-3H3,(H,21,25). The van der Waals surface area contributed by atoms with Crippen molar-refractivity contribution in [2.45, 2.75) is 25.9 Å². The third-order valence-electron chi connectivity index (χ3n) is 4.19. The first-order chi connectivity index (χ1) is 12.5. The highest BCUT2D eigenvalue weighted by molar-refractivity contribution is 7.99. The molecule has 0 aliphatic heterocycles. The molecule has 134 valence electrons. The SMILES string of the molecule is Cc1ccc(-c2nnc(SCC(=O)Nc3cccc(C)c3C)n2N)cc1. The molecule has 2 aromatic carbocycles. The molecule has 1 heterocycles. The van der Waals surface area contributed by atoms with Gasteiger partial charge in [-0.05, 0) is 38.0 Å². The second-order valence-electron chi connectivity index (χ2n) is 6.13. The van der Waals surface area contributed by atoms with E-state index in [4.69, 9.17) is 5.84 Å². The van der Waals surface area contributed by atoms with Gasteiger partial charge in [0.05, 0.1) is 5.75 Å². The number of hydrogen-bond donors (Lipinski definition) is 2. The molecular formula is C19H21N5OS. The first kappa shape index (κ1) is 18.0. The second kappa shape index (κ2) is 7.61. The Morgan fingerprint density at radius 2 is 1.85 bits per heavy atom. The number of thioether (sulfide) groups is 1. The number of amides is 1. The van der Waals surface area contributed by atoms with Crippen molar-refractivity contribution in [3.8, 4) is 11.4 Å². The minimum absolute atomic E-state index is 0.108. The fourth-order valence-corrected chi connectivity index (χ4v) is 3.13. The Balaban J connectivity index is 1.66. The van der Waals surface area contributed by atoms with E-state index in [1.165, 1.54) is 16.4 Å². The molecule has 26 heavy (non-hydrogen) atoms. The van der Waals surface area contributed by atoms with Gasteiger partial charge in [0.25, 0.3) is 0 Å². The van der Waals surface area contributed by atoms with E-state index < -0.39 is 0 Å². The molecule has 3 N–H and O–H groups in total. The van der Waals surface area contributed by atoms with Crippen LogP contribution in [0.4, 0.5) is 5.69 Å². The number of nitrogens with zero attached hydrogens (tertiary/aromatic N) is 3. The predicted octanol–water partition coefficient (Wildman–Crippen LogP) is 3.31. The summed E-state index contributed by atoms with van der Waals surface area (Å²) in [5.74, 6) is 6.76. The van der Waals surface area contributed by atoms with Crippen molar-refractivity contribution in [1.29, 1.82) is 0 Å². The van der Waals surface area contributed by atoms with E-state index in [9.17, 15) is 4.79 Å². The van der Waals surface area contributed by atoms with Gasteiger partial charge in [-0.2, -0.15) is 0 Å². The summed E-state index contributed by atoms with van der Waals surface area (Å²) in [5.41, 5.74) is 5.08. The lowest BCUT2D eigenvalue weighted by atomic mass is 10.1. The van der Waals surface area contributed by atoms with E-state index in [1.807, 2.05) is 63.2 Å². The van der Waals surface area contributed by atoms with Crippen LogP contribution in [0.25, 0.3) is 11.4 Å². The Morgan fingerprint density at radius 3 is 2.58 bits per heavy atom. The molecule has 0 aliphatic rings. The molecule has 0 aliphatic carbocycles. The van der Waals surface area contributed by atoms with Crippen LogP contribution in [0.15, 0.2) is 47.6 Å². The fraction of sp³-hybridized carbons (Fsp3) is 0.211. The molecule has 3 aromatic rings. The quantitative estimate of drug-likeness (QED) is 0.534. The van der Waals surface area contributed by atoms with Gasteiger partial charge in [-0.3, -0.25) is 4.79 Å². The van der Waals surface area contributed by atoms with Gasteiger partial charge in [0.2, 0.25) is 11.1 Å². The number of nitrogens with one attached hydrogen (secondary N) is 1. The van der Waals surface area contributed by atoms with Crippen molar-refractivity contribution in [2.75, 3.05) is 16.9 Å². The maximum absolute atomic E-state index is 12.2. The largest absolute Gasteiger partial charge is 0.335 e. The van der Waals surface area contributed by atoms with Gasteiger partial charge in [0.1, 0.15) is 0 Å². The summed E-state index contributed by atoms with van der Waals surface area (Å²) in [7, 11) is 0. The monoisotopic (exact) mass is 367 g/mol. The van der Waals surface area contributed by atoms with E-state index >= 15 is 0 Å². The van der Waals surface area contributed by atoms with Crippen LogP contribution in [0.3, 0.4) is 0 Å². The predicted molar refractivity (Wildman–Crippen MR) is 106 cm³/mol. The van der Waals surface area contributed by atoms with Crippen LogP contribution in [0.2, 0.25) is 0 Å². The van der Waals surface area contributed by atoms with Gasteiger partial charge in [-0.1, -0.05) is 53.7 Å². The average Bonchev–Trinajstić information content (AvgIpc) is 2.99. The minimum atomic E-state index is -0.108. The molecule has 0 spiro atoms. The smallest absolute Gasteiger partial charge is 0.234 e. The van der Waals surface area contributed by atoms with Crippen molar-refractivity contribution in [3.05, 3.63) is 59.2 Å². The highest BCUT2D eigenvalue weighted by Crippen LogP contribution is 2.23. The van der Waals surface area contributed by atoms with E-state index in [1.54, 1.807) is 0 Å². The molecule has 0 bridgehead atoms. The van der Waals surface area contributed by atoms with Crippen molar-refractivity contribution >= 4 is 23.4 Å². The normalized spacial score (nSPS) is 10.7. The Labute approximate surface area is 156 Å². The number of aromatic nitrogens is 3. The Hall–Kier alpha value is -2.80. The summed E-state index contributed by atoms with van der Waals surface area (Å²) in [6.07, 6.45) is 0. The third-order valence-corrected chi connectivity index (χ3v) is 5.13. The van der Waals surface area contributed by atoms with E-state index in [0.29, 0.717) is 11.0 Å². The Kier molecular flexibility index (Phi) is 5.27. The van der Waals surface area contributed by atoms with E-state index in [-0.39, 0.29) is 11.7 Å². The zero-order valence-electron chi connectivity index (χ0n) is 15.0. The van der Waals surface area contributed by atoms with Gasteiger partial charge < -0.3 is 11.2 Å². The van der Waals surface area contributed by atoms with Crippen LogP contribution in [-0.2, 0) is 4.79 Å². The number of hydrogen-bond acceptors (Lipinski definition) is 5. The molecule has 7 heteroatoms. The van der Waals surface area contributed by atoms with Gasteiger partial charge in [0.15, 0.2) is 5.82 Å². The van der Waals surface area contributed by atoms with Crippen LogP contribution < -0.4 is 11.2 Å². The zero-order chi connectivity index (χ0) is 18.7. The van der Waals surface area contributed by atoms with Crippen LogP contribution in [0.5, 0.6) is 0 Å². The van der Waals surface area contributed by atoms with Crippen molar-refractivity contribution in [3.63, 3.8) is 0 Å². The van der Waals surface area contributed by atoms with Crippen molar-refractivity contribution < 1.29 is 4.79 Å². The van der Waals surface area contributed by atoms with Gasteiger partial charge in [-0.15, -0.1) is 10.2 Å². The minimum Gasteiger partial charge on any atom is -0.335 e. The Morgan fingerprint density at radius 1 is 1.12 bits per heavy atom. The molecule has 1 aromatic heterocycles. The van der Waals surface area contributed by atoms with E-state index in [0.717, 1.165) is 27.9 Å². The van der Waals surface area contributed by atoms with Crippen LogP contribution in [0.1, 0.15) is 16.7 Å². The van der Waals surface area contributed by atoms with E-state index in [2.05, 4.69) is 15.5 Å². The Bertz CT molecular complexity index is 934. The molecule has 3 rings (SSSR count). The second-order valence-corrected chi connectivity index (χ2v) is 7.07. The molecule has 1 amide bonds. The highest BCUT2D eigenvalue weighted by Gasteiger charge is 2.14. The summed E-state index contributed by atoms with van der Waals surface area (Å²) in [6.45, 7) is 6.03. The van der Waals surface area contributed by atoms with Crippen molar-refractivity contribution in [1.82, 2.24) is 14.9 Å². The molecule has 0 unspecified atom stereocenters. The number of nitrogens with two attached hydrogens (primary N) is 1. The van der Waals surface area contributed by atoms with Crippen LogP contribution in [0, 0.1) is 20.8 Å². The lowest BCUT2D eigenvalue weighted by Crippen LogP contribution is -2.17. The lowest BCUT2D eigenvalue weighted by Gasteiger charge is -2.10. The maximum Gasteiger partial charge on any atom is 0.234 e. The topological polar surface area (TPSA) is 85.8 Å². The molecule has 0 atom stereocenters. The molecule has 6 nitrogen and oxygen atoms in total. The number of nitrogen functional groups attached to an aromatic ring is 1. The maximum atomic E-state index is 12.2. The van der Waals surface area contributed by atoms with Gasteiger partial charge in [0, 0.05) is 11.3 Å². The summed E-state index contributed by atoms with van der Waals surface area (Å²) >= 11 is 1.26. The number of carbonyl (C=O) groups is 1. The first-order valence-corrected chi connectivity index (χ1v) is 9.20. The fourth-order valence-electron chi connectivity index (χ4n) is 2.48. The molecule has 0 saturated heterocycles. The molecule has 0 fully saturated rings. The van der Waals surface area contributed by atoms with Gasteiger partial charge in [-0.25, -0.2) is 4.68 Å². The highest BCUT2D eigenvalue weighted by atomic mass is 32.2. The molecular weight excluding hydrogens is 346 g/mol. The molecule has 0 radical (unpaired) electrons. The summed E-state index contributed by atoms with van der Waals surface area (Å²) < 4.78 is 1.42. The summed E-state index contributed by atoms with van der Waals surface area (Å²) in [6, 6.07) is 13.7. The number of carbonyl (C=O) groups excluding carboxylic acids is 1. The van der Waals surface area contributed by atoms with Gasteiger partial charge >= 0.3 is 0 Å². The number of aryl methyl sites for hydroxylation is 2. The summed E-state index contributed by atoms with van der Waals surface area (Å²) in [5, 5.41) is 11.7. The summed E-state index contributed by atoms with van der Waals surface area (Å²) in [4.78, 5) is 12.2. The number of anilines is 1. The average molecular weight is 367 g/mol. The number of benzene rings is 2. The van der Waals surface area contributed by atoms with Crippen LogP contribution in [-0.4, -0.2) is 26.5 Å².